The third kappa shape index (κ3) is 4.24. The van der Waals surface area contributed by atoms with Gasteiger partial charge in [-0.05, 0) is 49.2 Å². The van der Waals surface area contributed by atoms with E-state index in [1.807, 2.05) is 38.1 Å². The number of halogens is 1. The fraction of sp³-hybridized carbons (Fsp3) is 0.143. The van der Waals surface area contributed by atoms with Crippen molar-refractivity contribution in [3.63, 3.8) is 0 Å². The molecule has 0 aliphatic carbocycles. The second-order valence-corrected chi connectivity index (χ2v) is 8.20. The Labute approximate surface area is 181 Å². The van der Waals surface area contributed by atoms with Crippen molar-refractivity contribution in [1.29, 1.82) is 0 Å². The molecule has 0 aliphatic rings. The molecule has 0 saturated heterocycles. The number of rotatable bonds is 5. The van der Waals surface area contributed by atoms with Crippen LogP contribution in [0.5, 0.6) is 0 Å². The molecule has 1 amide bonds. The van der Waals surface area contributed by atoms with E-state index < -0.39 is 0 Å². The average molecular weight is 440 g/mol. The number of amides is 1. The number of thioether (sulfide) groups is 1. The lowest BCUT2D eigenvalue weighted by atomic mass is 10.1. The smallest absolute Gasteiger partial charge is 0.262 e. The molecule has 4 rings (SSSR count). The molecule has 2 N–H and O–H groups in total. The van der Waals surface area contributed by atoms with E-state index in [1.165, 1.54) is 6.20 Å². The Hall–Kier alpha value is -3.10. The summed E-state index contributed by atoms with van der Waals surface area (Å²) in [6, 6.07) is 13.0. The van der Waals surface area contributed by atoms with Crippen LogP contribution in [0.2, 0.25) is 5.02 Å². The van der Waals surface area contributed by atoms with Gasteiger partial charge in [-0.2, -0.15) is 5.10 Å². The SMILES string of the molecule is Cc1ccc(C)c(NC(=O)CSc2nc3c(cnn3-c3cccc(Cl)c3)c(=O)[nH]2)c1. The summed E-state index contributed by atoms with van der Waals surface area (Å²) >= 11 is 7.22. The van der Waals surface area contributed by atoms with Crippen molar-refractivity contribution in [2.24, 2.45) is 0 Å². The quantitative estimate of drug-likeness (QED) is 0.360. The lowest BCUT2D eigenvalue weighted by Gasteiger charge is -2.09. The van der Waals surface area contributed by atoms with Crippen LogP contribution in [0.4, 0.5) is 5.69 Å². The molecule has 2 aromatic heterocycles. The molecule has 0 spiro atoms. The molecule has 9 heteroatoms. The summed E-state index contributed by atoms with van der Waals surface area (Å²) < 4.78 is 1.55. The van der Waals surface area contributed by atoms with Gasteiger partial charge in [-0.3, -0.25) is 9.59 Å². The molecular weight excluding hydrogens is 422 g/mol. The average Bonchev–Trinajstić information content (AvgIpc) is 3.14. The van der Waals surface area contributed by atoms with Gasteiger partial charge in [0.25, 0.3) is 5.56 Å². The lowest BCUT2D eigenvalue weighted by Crippen LogP contribution is -2.16. The zero-order valence-electron chi connectivity index (χ0n) is 16.3. The Bertz CT molecular complexity index is 1310. The number of hydrogen-bond acceptors (Lipinski definition) is 5. The minimum absolute atomic E-state index is 0.104. The van der Waals surface area contributed by atoms with Crippen LogP contribution in [0.1, 0.15) is 11.1 Å². The maximum Gasteiger partial charge on any atom is 0.262 e. The van der Waals surface area contributed by atoms with E-state index >= 15 is 0 Å². The maximum atomic E-state index is 12.4. The topological polar surface area (TPSA) is 92.7 Å². The van der Waals surface area contributed by atoms with E-state index in [4.69, 9.17) is 11.6 Å². The molecule has 0 radical (unpaired) electrons. The number of benzene rings is 2. The van der Waals surface area contributed by atoms with Crippen molar-refractivity contribution in [2.45, 2.75) is 19.0 Å². The number of aryl methyl sites for hydroxylation is 2. The first-order valence-corrected chi connectivity index (χ1v) is 10.5. The van der Waals surface area contributed by atoms with Gasteiger partial charge in [0.1, 0.15) is 5.39 Å². The fourth-order valence-corrected chi connectivity index (χ4v) is 3.79. The summed E-state index contributed by atoms with van der Waals surface area (Å²) in [6.45, 7) is 3.91. The van der Waals surface area contributed by atoms with Crippen LogP contribution >= 0.6 is 23.4 Å². The molecule has 7 nitrogen and oxygen atoms in total. The summed E-state index contributed by atoms with van der Waals surface area (Å²) in [5, 5.41) is 8.42. The Morgan fingerprint density at radius 1 is 1.23 bits per heavy atom. The lowest BCUT2D eigenvalue weighted by molar-refractivity contribution is -0.113. The van der Waals surface area contributed by atoms with Crippen LogP contribution in [-0.2, 0) is 4.79 Å². The van der Waals surface area contributed by atoms with E-state index in [0.29, 0.717) is 26.9 Å². The predicted octanol–water partition coefficient (Wildman–Crippen LogP) is 4.11. The van der Waals surface area contributed by atoms with Gasteiger partial charge in [-0.15, -0.1) is 0 Å². The highest BCUT2D eigenvalue weighted by Crippen LogP contribution is 2.21. The van der Waals surface area contributed by atoms with Gasteiger partial charge in [0, 0.05) is 10.7 Å². The number of H-pyrrole nitrogens is 1. The van der Waals surface area contributed by atoms with Gasteiger partial charge in [-0.1, -0.05) is 41.6 Å². The van der Waals surface area contributed by atoms with E-state index in [-0.39, 0.29) is 17.2 Å². The van der Waals surface area contributed by atoms with Gasteiger partial charge in [0.15, 0.2) is 10.8 Å². The number of hydrogen-bond donors (Lipinski definition) is 2. The largest absolute Gasteiger partial charge is 0.325 e. The number of nitrogens with zero attached hydrogens (tertiary/aromatic N) is 3. The summed E-state index contributed by atoms with van der Waals surface area (Å²) in [6.07, 6.45) is 1.46. The molecule has 0 fully saturated rings. The predicted molar refractivity (Wildman–Crippen MR) is 120 cm³/mol. The van der Waals surface area contributed by atoms with Gasteiger partial charge < -0.3 is 10.3 Å². The molecule has 2 aromatic carbocycles. The minimum atomic E-state index is -0.314. The number of carbonyl (C=O) groups excluding carboxylic acids is 1. The molecule has 30 heavy (non-hydrogen) atoms. The van der Waals surface area contributed by atoms with Gasteiger partial charge in [0.2, 0.25) is 5.91 Å². The highest BCUT2D eigenvalue weighted by molar-refractivity contribution is 7.99. The van der Waals surface area contributed by atoms with Crippen LogP contribution in [0.3, 0.4) is 0 Å². The second-order valence-electron chi connectivity index (χ2n) is 6.80. The maximum absolute atomic E-state index is 12.4. The van der Waals surface area contributed by atoms with E-state index in [2.05, 4.69) is 20.4 Å². The van der Waals surface area contributed by atoms with Crippen molar-refractivity contribution in [3.05, 3.63) is 75.2 Å². The first kappa shape index (κ1) is 20.2. The third-order valence-corrected chi connectivity index (χ3v) is 5.58. The molecule has 152 valence electrons. The van der Waals surface area contributed by atoms with Gasteiger partial charge in [-0.25, -0.2) is 9.67 Å². The van der Waals surface area contributed by atoms with Crippen molar-refractivity contribution in [1.82, 2.24) is 19.7 Å². The molecule has 0 aliphatic heterocycles. The summed E-state index contributed by atoms with van der Waals surface area (Å²) in [5.41, 5.74) is 3.60. The monoisotopic (exact) mass is 439 g/mol. The van der Waals surface area contributed by atoms with Crippen LogP contribution in [0, 0.1) is 13.8 Å². The zero-order valence-corrected chi connectivity index (χ0v) is 17.8. The second kappa shape index (κ2) is 8.33. The van der Waals surface area contributed by atoms with Gasteiger partial charge in [0.05, 0.1) is 17.6 Å². The minimum Gasteiger partial charge on any atom is -0.325 e. The molecule has 0 unspecified atom stereocenters. The van der Waals surface area contributed by atoms with E-state index in [1.54, 1.807) is 22.9 Å². The van der Waals surface area contributed by atoms with Crippen molar-refractivity contribution < 1.29 is 4.79 Å². The normalized spacial score (nSPS) is 11.0. The van der Waals surface area contributed by atoms with Gasteiger partial charge >= 0.3 is 0 Å². The molecule has 2 heterocycles. The van der Waals surface area contributed by atoms with Crippen LogP contribution in [0.15, 0.2) is 58.6 Å². The summed E-state index contributed by atoms with van der Waals surface area (Å²) in [7, 11) is 0. The molecule has 0 bridgehead atoms. The standard InChI is InChI=1S/C21H18ClN5O2S/c1-12-6-7-13(2)17(8-12)24-18(28)11-30-21-25-19-16(20(29)26-21)10-23-27(19)15-5-3-4-14(22)9-15/h3-10H,11H2,1-2H3,(H,24,28)(H,25,26,29). The first-order chi connectivity index (χ1) is 14.4. The van der Waals surface area contributed by atoms with Crippen LogP contribution in [0.25, 0.3) is 16.7 Å². The van der Waals surface area contributed by atoms with Crippen molar-refractivity contribution in [3.8, 4) is 5.69 Å². The number of nitrogens with one attached hydrogen (secondary N) is 2. The Morgan fingerprint density at radius 3 is 2.87 bits per heavy atom. The molecule has 0 saturated carbocycles. The number of anilines is 1. The van der Waals surface area contributed by atoms with Crippen molar-refractivity contribution >= 4 is 46.0 Å². The molecule has 0 atom stereocenters. The van der Waals surface area contributed by atoms with Crippen LogP contribution in [-0.4, -0.2) is 31.4 Å². The Morgan fingerprint density at radius 2 is 2.07 bits per heavy atom. The highest BCUT2D eigenvalue weighted by atomic mass is 35.5. The number of aromatic nitrogens is 4. The first-order valence-electron chi connectivity index (χ1n) is 9.14. The third-order valence-electron chi connectivity index (χ3n) is 4.48. The van der Waals surface area contributed by atoms with E-state index in [9.17, 15) is 9.59 Å². The Kier molecular flexibility index (Phi) is 5.61. The van der Waals surface area contributed by atoms with Crippen LogP contribution < -0.4 is 10.9 Å². The molecule has 4 aromatic rings. The number of fused-ring (bicyclic) bond motifs is 1. The van der Waals surface area contributed by atoms with Crippen molar-refractivity contribution in [2.75, 3.05) is 11.1 Å². The fourth-order valence-electron chi connectivity index (χ4n) is 2.95. The number of aromatic amines is 1. The van der Waals surface area contributed by atoms with E-state index in [0.717, 1.165) is 28.6 Å². The Balaban J connectivity index is 1.56. The molecular formula is C21H18ClN5O2S. The summed E-state index contributed by atoms with van der Waals surface area (Å²) in [5.74, 6) is -0.0764. The number of carbonyl (C=O) groups is 1. The summed E-state index contributed by atoms with van der Waals surface area (Å²) in [4.78, 5) is 32.0. The zero-order chi connectivity index (χ0) is 21.3. The highest BCUT2D eigenvalue weighted by Gasteiger charge is 2.13.